The van der Waals surface area contributed by atoms with Crippen LogP contribution in [0.1, 0.15) is 0 Å². The summed E-state index contributed by atoms with van der Waals surface area (Å²) in [6.07, 6.45) is 0. The highest BCUT2D eigenvalue weighted by Gasteiger charge is 2.09. The van der Waals surface area contributed by atoms with Gasteiger partial charge >= 0.3 is 0 Å². The third-order valence-corrected chi connectivity index (χ3v) is 2.41. The molecule has 0 aliphatic rings. The summed E-state index contributed by atoms with van der Waals surface area (Å²) in [5.74, 6) is -2.37. The predicted octanol–water partition coefficient (Wildman–Crippen LogP) is 4.13. The maximum absolute atomic E-state index is 13.0. The van der Waals surface area contributed by atoms with Crippen molar-refractivity contribution in [2.75, 3.05) is 5.73 Å². The Hall–Kier alpha value is -1.88. The Morgan fingerprint density at radius 3 is 2.17 bits per heavy atom. The lowest BCUT2D eigenvalue weighted by Crippen LogP contribution is -1.94. The molecular formula is C12H7ClF3NO. The van der Waals surface area contributed by atoms with Gasteiger partial charge in [-0.15, -0.1) is 0 Å². The SMILES string of the molecule is Nc1cc(F)c(Cl)cc1Oc1cc(F)cc(F)c1. The lowest BCUT2D eigenvalue weighted by molar-refractivity contribution is 0.469. The molecule has 0 aliphatic heterocycles. The quantitative estimate of drug-likeness (QED) is 0.835. The van der Waals surface area contributed by atoms with E-state index in [1.807, 2.05) is 0 Å². The Labute approximate surface area is 106 Å². The topological polar surface area (TPSA) is 35.2 Å². The monoisotopic (exact) mass is 273 g/mol. The van der Waals surface area contributed by atoms with Gasteiger partial charge in [-0.05, 0) is 0 Å². The van der Waals surface area contributed by atoms with Crippen molar-refractivity contribution in [3.63, 3.8) is 0 Å². The summed E-state index contributed by atoms with van der Waals surface area (Å²) in [6.45, 7) is 0. The van der Waals surface area contributed by atoms with E-state index in [4.69, 9.17) is 22.1 Å². The first-order chi connectivity index (χ1) is 8.45. The fourth-order valence-electron chi connectivity index (χ4n) is 1.35. The second-order valence-electron chi connectivity index (χ2n) is 3.51. The van der Waals surface area contributed by atoms with Crippen LogP contribution in [0.5, 0.6) is 11.5 Å². The fraction of sp³-hybridized carbons (Fsp3) is 0. The van der Waals surface area contributed by atoms with E-state index in [1.54, 1.807) is 0 Å². The van der Waals surface area contributed by atoms with Crippen LogP contribution in [0.2, 0.25) is 5.02 Å². The molecule has 2 aromatic carbocycles. The van der Waals surface area contributed by atoms with Crippen molar-refractivity contribution in [3.05, 3.63) is 52.8 Å². The van der Waals surface area contributed by atoms with E-state index < -0.39 is 17.5 Å². The number of hydrogen-bond acceptors (Lipinski definition) is 2. The number of benzene rings is 2. The normalized spacial score (nSPS) is 10.4. The standard InChI is InChI=1S/C12H7ClF3NO/c13-9-4-12(11(17)5-10(9)16)18-8-2-6(14)1-7(15)3-8/h1-5H,17H2. The van der Waals surface area contributed by atoms with Crippen LogP contribution in [0.4, 0.5) is 18.9 Å². The Balaban J connectivity index is 2.36. The molecule has 6 heteroatoms. The number of hydrogen-bond donors (Lipinski definition) is 1. The summed E-state index contributed by atoms with van der Waals surface area (Å²) in [5, 5.41) is -0.198. The molecule has 0 unspecified atom stereocenters. The Morgan fingerprint density at radius 1 is 0.944 bits per heavy atom. The lowest BCUT2D eigenvalue weighted by Gasteiger charge is -2.09. The van der Waals surface area contributed by atoms with Gasteiger partial charge in [-0.3, -0.25) is 0 Å². The van der Waals surface area contributed by atoms with Crippen LogP contribution in [0.25, 0.3) is 0 Å². The number of rotatable bonds is 2. The first-order valence-corrected chi connectivity index (χ1v) is 5.22. The van der Waals surface area contributed by atoms with Crippen LogP contribution in [0.3, 0.4) is 0 Å². The molecule has 0 saturated carbocycles. The van der Waals surface area contributed by atoms with Gasteiger partial charge in [-0.25, -0.2) is 13.2 Å². The molecule has 0 radical (unpaired) electrons. The highest BCUT2D eigenvalue weighted by Crippen LogP contribution is 2.32. The van der Waals surface area contributed by atoms with E-state index in [2.05, 4.69) is 0 Å². The highest BCUT2D eigenvalue weighted by molar-refractivity contribution is 6.31. The molecule has 0 heterocycles. The number of nitrogens with two attached hydrogens (primary N) is 1. The van der Waals surface area contributed by atoms with Gasteiger partial charge in [0.25, 0.3) is 0 Å². The van der Waals surface area contributed by atoms with Crippen LogP contribution in [0, 0.1) is 17.5 Å². The minimum atomic E-state index is -0.795. The number of halogens is 4. The third kappa shape index (κ3) is 2.68. The first-order valence-electron chi connectivity index (χ1n) is 4.84. The molecule has 94 valence electrons. The van der Waals surface area contributed by atoms with Crippen molar-refractivity contribution in [2.45, 2.75) is 0 Å². The Morgan fingerprint density at radius 2 is 1.56 bits per heavy atom. The van der Waals surface area contributed by atoms with Crippen molar-refractivity contribution >= 4 is 17.3 Å². The van der Waals surface area contributed by atoms with Gasteiger partial charge in [-0.1, -0.05) is 11.6 Å². The molecule has 2 aromatic rings. The van der Waals surface area contributed by atoms with E-state index in [1.165, 1.54) is 0 Å². The van der Waals surface area contributed by atoms with Gasteiger partial charge in [0.2, 0.25) is 0 Å². The average molecular weight is 274 g/mol. The van der Waals surface area contributed by atoms with Gasteiger partial charge < -0.3 is 10.5 Å². The van der Waals surface area contributed by atoms with E-state index in [0.717, 1.165) is 24.3 Å². The molecule has 0 fully saturated rings. The van der Waals surface area contributed by atoms with E-state index in [9.17, 15) is 13.2 Å². The predicted molar refractivity (Wildman–Crippen MR) is 62.3 cm³/mol. The van der Waals surface area contributed by atoms with E-state index in [0.29, 0.717) is 6.07 Å². The molecular weight excluding hydrogens is 267 g/mol. The van der Waals surface area contributed by atoms with Crippen molar-refractivity contribution in [1.29, 1.82) is 0 Å². The summed E-state index contributed by atoms with van der Waals surface area (Å²) in [4.78, 5) is 0. The summed E-state index contributed by atoms with van der Waals surface area (Å²) in [7, 11) is 0. The van der Waals surface area contributed by atoms with Gasteiger partial charge in [0.15, 0.2) is 5.75 Å². The van der Waals surface area contributed by atoms with Gasteiger partial charge in [0.1, 0.15) is 23.2 Å². The van der Waals surface area contributed by atoms with Crippen LogP contribution in [-0.2, 0) is 0 Å². The zero-order chi connectivity index (χ0) is 13.3. The van der Waals surface area contributed by atoms with E-state index in [-0.39, 0.29) is 22.2 Å². The van der Waals surface area contributed by atoms with Crippen LogP contribution >= 0.6 is 11.6 Å². The maximum Gasteiger partial charge on any atom is 0.152 e. The molecule has 0 spiro atoms. The number of anilines is 1. The fourth-order valence-corrected chi connectivity index (χ4v) is 1.50. The lowest BCUT2D eigenvalue weighted by atomic mass is 10.2. The molecule has 2 rings (SSSR count). The smallest absolute Gasteiger partial charge is 0.152 e. The molecule has 0 amide bonds. The van der Waals surface area contributed by atoms with Crippen molar-refractivity contribution in [3.8, 4) is 11.5 Å². The van der Waals surface area contributed by atoms with Crippen LogP contribution in [0.15, 0.2) is 30.3 Å². The molecule has 0 aliphatic carbocycles. The molecule has 0 atom stereocenters. The molecule has 0 bridgehead atoms. The number of nitrogen functional groups attached to an aromatic ring is 1. The van der Waals surface area contributed by atoms with Gasteiger partial charge in [0, 0.05) is 30.3 Å². The molecule has 18 heavy (non-hydrogen) atoms. The average Bonchev–Trinajstić information content (AvgIpc) is 2.24. The van der Waals surface area contributed by atoms with Gasteiger partial charge in [0.05, 0.1) is 10.7 Å². The minimum Gasteiger partial charge on any atom is -0.455 e. The van der Waals surface area contributed by atoms with Crippen LogP contribution in [-0.4, -0.2) is 0 Å². The summed E-state index contributed by atoms with van der Waals surface area (Å²) < 4.78 is 44.1. The van der Waals surface area contributed by atoms with Crippen molar-refractivity contribution in [1.82, 2.24) is 0 Å². The van der Waals surface area contributed by atoms with E-state index >= 15 is 0 Å². The Bertz CT molecular complexity index is 584. The zero-order valence-electron chi connectivity index (χ0n) is 8.88. The maximum atomic E-state index is 13.0. The largest absolute Gasteiger partial charge is 0.455 e. The van der Waals surface area contributed by atoms with Gasteiger partial charge in [-0.2, -0.15) is 0 Å². The Kier molecular flexibility index (Phi) is 3.34. The van der Waals surface area contributed by atoms with Crippen molar-refractivity contribution < 1.29 is 17.9 Å². The molecule has 2 nitrogen and oxygen atoms in total. The summed E-state index contributed by atoms with van der Waals surface area (Å²) in [6, 6.07) is 4.75. The molecule has 2 N–H and O–H groups in total. The second kappa shape index (κ2) is 4.78. The second-order valence-corrected chi connectivity index (χ2v) is 3.92. The van der Waals surface area contributed by atoms with Crippen LogP contribution < -0.4 is 10.5 Å². The first kappa shape index (κ1) is 12.6. The minimum absolute atomic E-state index is 0.0198. The number of ether oxygens (including phenoxy) is 1. The zero-order valence-corrected chi connectivity index (χ0v) is 9.64. The third-order valence-electron chi connectivity index (χ3n) is 2.12. The van der Waals surface area contributed by atoms with Crippen molar-refractivity contribution in [2.24, 2.45) is 0 Å². The summed E-state index contributed by atoms with van der Waals surface area (Å²) in [5.41, 5.74) is 5.48. The highest BCUT2D eigenvalue weighted by atomic mass is 35.5. The molecule has 0 aromatic heterocycles. The molecule has 0 saturated heterocycles. The summed E-state index contributed by atoms with van der Waals surface area (Å²) >= 11 is 5.56.